The first-order valence-electron chi connectivity index (χ1n) is 6.57. The minimum Gasteiger partial charge on any atom is -0.486 e. The van der Waals surface area contributed by atoms with E-state index in [1.54, 1.807) is 18.2 Å². The molecular formula is C14H13N3O5. The number of amides is 1. The van der Waals surface area contributed by atoms with Crippen LogP contribution in [-0.2, 0) is 11.3 Å². The number of carbonyl (C=O) groups is 2. The Morgan fingerprint density at radius 2 is 2.05 bits per heavy atom. The molecule has 1 aromatic carbocycles. The van der Waals surface area contributed by atoms with E-state index in [2.05, 4.69) is 10.4 Å². The molecular weight excluding hydrogens is 290 g/mol. The summed E-state index contributed by atoms with van der Waals surface area (Å²) < 4.78 is 12.1. The first-order valence-corrected chi connectivity index (χ1v) is 6.57. The van der Waals surface area contributed by atoms with Gasteiger partial charge in [-0.05, 0) is 12.1 Å². The minimum atomic E-state index is -1.08. The van der Waals surface area contributed by atoms with Crippen LogP contribution in [0.25, 0.3) is 0 Å². The zero-order valence-corrected chi connectivity index (χ0v) is 11.5. The molecule has 1 aliphatic heterocycles. The lowest BCUT2D eigenvalue weighted by molar-refractivity contribution is -0.116. The van der Waals surface area contributed by atoms with Crippen molar-refractivity contribution in [3.8, 4) is 11.5 Å². The molecule has 8 nitrogen and oxygen atoms in total. The summed E-state index contributed by atoms with van der Waals surface area (Å²) in [5, 5.41) is 15.3. The van der Waals surface area contributed by atoms with Crippen molar-refractivity contribution in [2.24, 2.45) is 0 Å². The van der Waals surface area contributed by atoms with Crippen molar-refractivity contribution in [3.05, 3.63) is 36.2 Å². The van der Waals surface area contributed by atoms with Gasteiger partial charge in [0.2, 0.25) is 5.91 Å². The first kappa shape index (κ1) is 13.9. The summed E-state index contributed by atoms with van der Waals surface area (Å²) in [6.07, 6.45) is 2.49. The average molecular weight is 303 g/mol. The third-order valence-electron chi connectivity index (χ3n) is 3.01. The molecule has 0 aliphatic carbocycles. The lowest BCUT2D eigenvalue weighted by Crippen LogP contribution is -2.20. The highest BCUT2D eigenvalue weighted by Crippen LogP contribution is 2.32. The molecule has 0 saturated carbocycles. The lowest BCUT2D eigenvalue weighted by atomic mass is 10.2. The van der Waals surface area contributed by atoms with E-state index >= 15 is 0 Å². The van der Waals surface area contributed by atoms with Crippen molar-refractivity contribution in [1.82, 2.24) is 9.78 Å². The number of anilines is 1. The number of nitrogens with one attached hydrogen (secondary N) is 1. The molecule has 0 radical (unpaired) electrons. The van der Waals surface area contributed by atoms with Crippen LogP contribution in [0.1, 0.15) is 10.4 Å². The van der Waals surface area contributed by atoms with Gasteiger partial charge in [-0.2, -0.15) is 5.10 Å². The fraction of sp³-hybridized carbons (Fsp3) is 0.214. The summed E-state index contributed by atoms with van der Waals surface area (Å²) in [5.74, 6) is -0.186. The molecule has 0 bridgehead atoms. The molecule has 0 spiro atoms. The van der Waals surface area contributed by atoms with Crippen LogP contribution in [0.5, 0.6) is 11.5 Å². The van der Waals surface area contributed by atoms with Crippen LogP contribution < -0.4 is 14.8 Å². The van der Waals surface area contributed by atoms with Gasteiger partial charge in [-0.15, -0.1) is 0 Å². The van der Waals surface area contributed by atoms with E-state index in [4.69, 9.17) is 14.6 Å². The summed E-state index contributed by atoms with van der Waals surface area (Å²) in [6.45, 7) is 0.890. The molecule has 0 unspecified atom stereocenters. The normalized spacial score (nSPS) is 12.7. The number of carbonyl (C=O) groups excluding carboxylic acids is 1. The van der Waals surface area contributed by atoms with Gasteiger partial charge >= 0.3 is 5.97 Å². The molecule has 3 rings (SSSR count). The quantitative estimate of drug-likeness (QED) is 0.873. The van der Waals surface area contributed by atoms with E-state index in [9.17, 15) is 9.59 Å². The fourth-order valence-corrected chi connectivity index (χ4v) is 2.03. The predicted octanol–water partition coefficient (Wildman–Crippen LogP) is 0.991. The van der Waals surface area contributed by atoms with Crippen LogP contribution >= 0.6 is 0 Å². The minimum absolute atomic E-state index is 0.0344. The average Bonchev–Trinajstić information content (AvgIpc) is 2.95. The van der Waals surface area contributed by atoms with Gasteiger partial charge in [0.25, 0.3) is 0 Å². The van der Waals surface area contributed by atoms with Crippen LogP contribution in [0, 0.1) is 0 Å². The highest BCUT2D eigenvalue weighted by Gasteiger charge is 2.13. The Kier molecular flexibility index (Phi) is 3.65. The Labute approximate surface area is 125 Å². The Balaban J connectivity index is 1.65. The summed E-state index contributed by atoms with van der Waals surface area (Å²) in [6, 6.07) is 5.11. The molecule has 1 aliphatic rings. The molecule has 1 aromatic heterocycles. The van der Waals surface area contributed by atoms with E-state index in [0.717, 1.165) is 0 Å². The number of aromatic nitrogens is 2. The number of carboxylic acid groups (broad SMARTS) is 1. The largest absolute Gasteiger partial charge is 0.486 e. The molecule has 2 aromatic rings. The van der Waals surface area contributed by atoms with Crippen LogP contribution in [0.15, 0.2) is 30.6 Å². The SMILES string of the molecule is O=C(Cn1cc(C(=O)O)cn1)Nc1ccc2c(c1)OCCO2. The third-order valence-corrected chi connectivity index (χ3v) is 3.01. The van der Waals surface area contributed by atoms with E-state index in [1.165, 1.54) is 17.1 Å². The topological polar surface area (TPSA) is 103 Å². The lowest BCUT2D eigenvalue weighted by Gasteiger charge is -2.19. The number of hydrogen-bond donors (Lipinski definition) is 2. The van der Waals surface area contributed by atoms with Crippen LogP contribution in [-0.4, -0.2) is 40.0 Å². The summed E-state index contributed by atoms with van der Waals surface area (Å²) in [4.78, 5) is 22.7. The molecule has 2 N–H and O–H groups in total. The number of fused-ring (bicyclic) bond motifs is 1. The van der Waals surface area contributed by atoms with Gasteiger partial charge in [0.1, 0.15) is 19.8 Å². The van der Waals surface area contributed by atoms with Gasteiger partial charge < -0.3 is 19.9 Å². The summed E-state index contributed by atoms with van der Waals surface area (Å²) >= 11 is 0. The van der Waals surface area contributed by atoms with Crippen molar-refractivity contribution in [3.63, 3.8) is 0 Å². The molecule has 114 valence electrons. The zero-order valence-electron chi connectivity index (χ0n) is 11.5. The van der Waals surface area contributed by atoms with Crippen molar-refractivity contribution >= 4 is 17.6 Å². The third kappa shape index (κ3) is 3.00. The Hall–Kier alpha value is -3.03. The number of hydrogen-bond acceptors (Lipinski definition) is 5. The molecule has 0 saturated heterocycles. The standard InChI is InChI=1S/C14H13N3O5/c18-13(8-17-7-9(6-15-17)14(19)20)16-10-1-2-11-12(5-10)22-4-3-21-11/h1-2,5-7H,3-4,8H2,(H,16,18)(H,19,20). The van der Waals surface area contributed by atoms with E-state index in [-0.39, 0.29) is 18.0 Å². The van der Waals surface area contributed by atoms with E-state index < -0.39 is 5.97 Å². The number of carboxylic acids is 1. The number of ether oxygens (including phenoxy) is 2. The maximum atomic E-state index is 11.9. The second-order valence-electron chi connectivity index (χ2n) is 4.64. The highest BCUT2D eigenvalue weighted by atomic mass is 16.6. The molecule has 8 heteroatoms. The second kappa shape index (κ2) is 5.76. The smallest absolute Gasteiger partial charge is 0.338 e. The number of aromatic carboxylic acids is 1. The fourth-order valence-electron chi connectivity index (χ4n) is 2.03. The molecule has 2 heterocycles. The van der Waals surface area contributed by atoms with E-state index in [0.29, 0.717) is 30.4 Å². The Bertz CT molecular complexity index is 725. The number of benzene rings is 1. The summed E-state index contributed by atoms with van der Waals surface area (Å²) in [7, 11) is 0. The molecule has 1 amide bonds. The first-order chi connectivity index (χ1) is 10.6. The molecule has 0 atom stereocenters. The number of rotatable bonds is 4. The van der Waals surface area contributed by atoms with Crippen molar-refractivity contribution in [2.45, 2.75) is 6.54 Å². The monoisotopic (exact) mass is 303 g/mol. The zero-order chi connectivity index (χ0) is 15.5. The second-order valence-corrected chi connectivity index (χ2v) is 4.64. The van der Waals surface area contributed by atoms with Crippen molar-refractivity contribution in [1.29, 1.82) is 0 Å². The maximum Gasteiger partial charge on any atom is 0.338 e. The van der Waals surface area contributed by atoms with Gasteiger partial charge in [0.15, 0.2) is 11.5 Å². The number of nitrogens with zero attached hydrogens (tertiary/aromatic N) is 2. The van der Waals surface area contributed by atoms with Gasteiger partial charge in [-0.25, -0.2) is 4.79 Å². The molecule has 0 fully saturated rings. The Morgan fingerprint density at radius 3 is 2.77 bits per heavy atom. The van der Waals surface area contributed by atoms with Gasteiger partial charge in [0.05, 0.1) is 11.8 Å². The Morgan fingerprint density at radius 1 is 1.27 bits per heavy atom. The van der Waals surface area contributed by atoms with Gasteiger partial charge in [0, 0.05) is 18.0 Å². The van der Waals surface area contributed by atoms with E-state index in [1.807, 2.05) is 0 Å². The van der Waals surface area contributed by atoms with Crippen molar-refractivity contribution < 1.29 is 24.2 Å². The molecule has 22 heavy (non-hydrogen) atoms. The predicted molar refractivity (Wildman–Crippen MR) is 75.2 cm³/mol. The highest BCUT2D eigenvalue weighted by molar-refractivity contribution is 5.91. The summed E-state index contributed by atoms with van der Waals surface area (Å²) in [5.41, 5.74) is 0.604. The van der Waals surface area contributed by atoms with Crippen LogP contribution in [0.3, 0.4) is 0 Å². The van der Waals surface area contributed by atoms with Gasteiger partial charge in [-0.3, -0.25) is 9.48 Å². The van der Waals surface area contributed by atoms with Crippen LogP contribution in [0.4, 0.5) is 5.69 Å². The van der Waals surface area contributed by atoms with Crippen LogP contribution in [0.2, 0.25) is 0 Å². The van der Waals surface area contributed by atoms with Crippen molar-refractivity contribution in [2.75, 3.05) is 18.5 Å². The van der Waals surface area contributed by atoms with Gasteiger partial charge in [-0.1, -0.05) is 0 Å². The maximum absolute atomic E-state index is 11.9.